The van der Waals surface area contributed by atoms with E-state index in [2.05, 4.69) is 21.4 Å². The summed E-state index contributed by atoms with van der Waals surface area (Å²) in [4.78, 5) is 23.1. The molecule has 5 aromatic rings. The van der Waals surface area contributed by atoms with Crippen molar-refractivity contribution in [3.8, 4) is 11.4 Å². The van der Waals surface area contributed by atoms with Crippen LogP contribution in [-0.4, -0.2) is 64.7 Å². The molecule has 0 radical (unpaired) electrons. The highest BCUT2D eigenvalue weighted by Crippen LogP contribution is 2.31. The van der Waals surface area contributed by atoms with E-state index in [-0.39, 0.29) is 12.2 Å². The summed E-state index contributed by atoms with van der Waals surface area (Å²) in [6, 6.07) is 31.8. The topological polar surface area (TPSA) is 44.6 Å². The molecule has 1 aliphatic rings. The lowest BCUT2D eigenvalue weighted by Crippen LogP contribution is -2.43. The van der Waals surface area contributed by atoms with Gasteiger partial charge in [0.05, 0.1) is 17.6 Å². The standard InChI is InChI=1S/C35H34F3N5O/c1-40-18-20-41(21-19-40)23-27-14-16-28(17-15-27)24-42(34(44)35(36,37)38)30-11-7-10-29(22-30)33-39-31-12-5-6-13-32(31)43(33)25-26-8-3-2-4-9-26/h2-17,22H,18-21,23-25H2,1H3. The maximum absolute atomic E-state index is 13.9. The van der Waals surface area contributed by atoms with Crippen LogP contribution in [0.4, 0.5) is 18.9 Å². The molecule has 0 spiro atoms. The van der Waals surface area contributed by atoms with E-state index in [1.807, 2.05) is 84.9 Å². The van der Waals surface area contributed by atoms with Crippen molar-refractivity contribution in [3.63, 3.8) is 0 Å². The molecule has 0 unspecified atom stereocenters. The third kappa shape index (κ3) is 6.69. The molecule has 9 heteroatoms. The number of likely N-dealkylation sites (N-methyl/N-ethyl adjacent to an activating group) is 1. The summed E-state index contributed by atoms with van der Waals surface area (Å²) in [6.07, 6.45) is -5.03. The molecule has 2 heterocycles. The zero-order valence-corrected chi connectivity index (χ0v) is 24.5. The Morgan fingerprint density at radius 1 is 0.773 bits per heavy atom. The first-order valence-corrected chi connectivity index (χ1v) is 14.7. The van der Waals surface area contributed by atoms with E-state index in [1.54, 1.807) is 18.2 Å². The number of anilines is 1. The molecule has 1 fully saturated rings. The van der Waals surface area contributed by atoms with Gasteiger partial charge in [-0.25, -0.2) is 4.98 Å². The summed E-state index contributed by atoms with van der Waals surface area (Å²) < 4.78 is 43.7. The summed E-state index contributed by atoms with van der Waals surface area (Å²) in [5.74, 6) is -1.29. The molecule has 1 aliphatic heterocycles. The average molecular weight is 598 g/mol. The Morgan fingerprint density at radius 3 is 2.16 bits per heavy atom. The Balaban J connectivity index is 1.30. The van der Waals surface area contributed by atoms with Crippen LogP contribution in [0.15, 0.2) is 103 Å². The number of aromatic nitrogens is 2. The number of benzene rings is 4. The normalized spacial score (nSPS) is 14.6. The van der Waals surface area contributed by atoms with Crippen LogP contribution in [0.1, 0.15) is 16.7 Å². The van der Waals surface area contributed by atoms with Crippen LogP contribution in [0.3, 0.4) is 0 Å². The predicted molar refractivity (Wildman–Crippen MR) is 167 cm³/mol. The van der Waals surface area contributed by atoms with Gasteiger partial charge < -0.3 is 14.4 Å². The molecule has 0 saturated carbocycles. The van der Waals surface area contributed by atoms with Crippen molar-refractivity contribution in [2.45, 2.75) is 25.8 Å². The molecule has 0 bridgehead atoms. The van der Waals surface area contributed by atoms with Crippen LogP contribution in [-0.2, 0) is 24.4 Å². The van der Waals surface area contributed by atoms with Gasteiger partial charge in [-0.15, -0.1) is 0 Å². The second-order valence-electron chi connectivity index (χ2n) is 11.3. The van der Waals surface area contributed by atoms with Crippen LogP contribution in [0.2, 0.25) is 0 Å². The first-order chi connectivity index (χ1) is 21.2. The fraction of sp³-hybridized carbons (Fsp3) is 0.257. The molecule has 0 aliphatic carbocycles. The van der Waals surface area contributed by atoms with E-state index in [4.69, 9.17) is 4.98 Å². The Morgan fingerprint density at radius 2 is 1.43 bits per heavy atom. The van der Waals surface area contributed by atoms with Gasteiger partial charge >= 0.3 is 12.1 Å². The number of fused-ring (bicyclic) bond motifs is 1. The lowest BCUT2D eigenvalue weighted by molar-refractivity contribution is -0.170. The number of carbonyl (C=O) groups excluding carboxylic acids is 1. The van der Waals surface area contributed by atoms with E-state index >= 15 is 0 Å². The molecule has 0 atom stereocenters. The SMILES string of the molecule is CN1CCN(Cc2ccc(CN(C(=O)C(F)(F)F)c3cccc(-c4nc5ccccc5n4Cc4ccccc4)c3)cc2)CC1. The number of para-hydroxylation sites is 2. The van der Waals surface area contributed by atoms with E-state index in [0.29, 0.717) is 23.5 Å². The fourth-order valence-electron chi connectivity index (χ4n) is 5.67. The van der Waals surface area contributed by atoms with Gasteiger partial charge in [-0.2, -0.15) is 13.2 Å². The van der Waals surface area contributed by atoms with Crippen molar-refractivity contribution in [1.82, 2.24) is 19.4 Å². The van der Waals surface area contributed by atoms with Gasteiger partial charge in [-0.1, -0.05) is 78.9 Å². The van der Waals surface area contributed by atoms with Gasteiger partial charge in [0.1, 0.15) is 5.82 Å². The summed E-state index contributed by atoms with van der Waals surface area (Å²) in [5, 5.41) is 0. The molecular weight excluding hydrogens is 563 g/mol. The smallest absolute Gasteiger partial charge is 0.319 e. The summed E-state index contributed by atoms with van der Waals surface area (Å²) in [5.41, 5.74) is 5.25. The molecule has 1 amide bonds. The van der Waals surface area contributed by atoms with Crippen LogP contribution in [0, 0.1) is 0 Å². The Hall–Kier alpha value is -4.47. The van der Waals surface area contributed by atoms with E-state index in [1.165, 1.54) is 0 Å². The minimum absolute atomic E-state index is 0.157. The number of nitrogens with zero attached hydrogens (tertiary/aromatic N) is 5. The highest BCUT2D eigenvalue weighted by Gasteiger charge is 2.43. The largest absolute Gasteiger partial charge is 0.471 e. The van der Waals surface area contributed by atoms with Crippen molar-refractivity contribution >= 4 is 22.6 Å². The van der Waals surface area contributed by atoms with Crippen molar-refractivity contribution in [2.24, 2.45) is 0 Å². The summed E-state index contributed by atoms with van der Waals surface area (Å²) >= 11 is 0. The number of carbonyl (C=O) groups is 1. The number of halogens is 3. The molecule has 1 aromatic heterocycles. The summed E-state index contributed by atoms with van der Waals surface area (Å²) in [7, 11) is 2.11. The molecule has 1 saturated heterocycles. The van der Waals surface area contributed by atoms with Gasteiger partial charge in [0, 0.05) is 50.5 Å². The molecule has 4 aromatic carbocycles. The minimum atomic E-state index is -5.03. The molecule has 226 valence electrons. The van der Waals surface area contributed by atoms with Crippen LogP contribution >= 0.6 is 0 Å². The number of alkyl halides is 3. The Kier molecular flexibility index (Phi) is 8.50. The molecule has 0 N–H and O–H groups in total. The van der Waals surface area contributed by atoms with Gasteiger partial charge in [-0.05, 0) is 48.0 Å². The highest BCUT2D eigenvalue weighted by molar-refractivity contribution is 5.97. The van der Waals surface area contributed by atoms with E-state index < -0.39 is 12.1 Å². The lowest BCUT2D eigenvalue weighted by Gasteiger charge is -2.32. The second kappa shape index (κ2) is 12.6. The molecular formula is C35H34F3N5O. The maximum atomic E-state index is 13.9. The van der Waals surface area contributed by atoms with Crippen molar-refractivity contribution in [3.05, 3.63) is 120 Å². The van der Waals surface area contributed by atoms with Gasteiger partial charge in [0.15, 0.2) is 0 Å². The van der Waals surface area contributed by atoms with Crippen LogP contribution < -0.4 is 4.90 Å². The van der Waals surface area contributed by atoms with E-state index in [9.17, 15) is 18.0 Å². The zero-order chi connectivity index (χ0) is 30.7. The summed E-state index contributed by atoms with van der Waals surface area (Å²) in [6.45, 7) is 5.07. The number of hydrogen-bond acceptors (Lipinski definition) is 4. The van der Waals surface area contributed by atoms with E-state index in [0.717, 1.165) is 59.8 Å². The zero-order valence-electron chi connectivity index (χ0n) is 24.5. The van der Waals surface area contributed by atoms with Crippen molar-refractivity contribution < 1.29 is 18.0 Å². The third-order valence-electron chi connectivity index (χ3n) is 8.11. The maximum Gasteiger partial charge on any atom is 0.471 e. The number of rotatable bonds is 8. The highest BCUT2D eigenvalue weighted by atomic mass is 19.4. The number of piperazine rings is 1. The third-order valence-corrected chi connectivity index (χ3v) is 8.11. The van der Waals surface area contributed by atoms with Crippen molar-refractivity contribution in [2.75, 3.05) is 38.1 Å². The number of imidazole rings is 1. The van der Waals surface area contributed by atoms with Crippen LogP contribution in [0.5, 0.6) is 0 Å². The number of hydrogen-bond donors (Lipinski definition) is 0. The quantitative estimate of drug-likeness (QED) is 0.202. The molecule has 44 heavy (non-hydrogen) atoms. The fourth-order valence-corrected chi connectivity index (χ4v) is 5.67. The first-order valence-electron chi connectivity index (χ1n) is 14.7. The second-order valence-corrected chi connectivity index (χ2v) is 11.3. The molecule has 6 nitrogen and oxygen atoms in total. The molecule has 6 rings (SSSR count). The average Bonchev–Trinajstić information content (AvgIpc) is 3.40. The first kappa shape index (κ1) is 29.6. The lowest BCUT2D eigenvalue weighted by atomic mass is 10.1. The van der Waals surface area contributed by atoms with Gasteiger partial charge in [0.25, 0.3) is 0 Å². The van der Waals surface area contributed by atoms with Gasteiger partial charge in [-0.3, -0.25) is 9.69 Å². The predicted octanol–water partition coefficient (Wildman–Crippen LogP) is 6.59. The van der Waals surface area contributed by atoms with Crippen molar-refractivity contribution in [1.29, 1.82) is 0 Å². The Bertz CT molecular complexity index is 1730. The Labute approximate surface area is 255 Å². The number of amides is 1. The van der Waals surface area contributed by atoms with Crippen LogP contribution in [0.25, 0.3) is 22.4 Å². The monoisotopic (exact) mass is 597 g/mol. The van der Waals surface area contributed by atoms with Gasteiger partial charge in [0.2, 0.25) is 0 Å². The minimum Gasteiger partial charge on any atom is -0.319 e.